The van der Waals surface area contributed by atoms with Gasteiger partial charge >= 0.3 is 0 Å². The van der Waals surface area contributed by atoms with Gasteiger partial charge in [0.2, 0.25) is 0 Å². The predicted molar refractivity (Wildman–Crippen MR) is 38.6 cm³/mol. The molecule has 0 aliphatic heterocycles. The minimum atomic E-state index is -0.159. The Balaban J connectivity index is 2.46. The molecule has 0 atom stereocenters. The van der Waals surface area contributed by atoms with E-state index in [1.54, 1.807) is 0 Å². The van der Waals surface area contributed by atoms with Gasteiger partial charge in [0.1, 0.15) is 6.29 Å². The topological polar surface area (TPSA) is 37.3 Å². The van der Waals surface area contributed by atoms with Gasteiger partial charge in [-0.3, -0.25) is 0 Å². The highest BCUT2D eigenvalue weighted by atomic mass is 16.3. The first-order valence-electron chi connectivity index (χ1n) is 3.81. The monoisotopic (exact) mass is 142 g/mol. The Bertz CT molecular complexity index is 123. The molecule has 0 amide bonds. The summed E-state index contributed by atoms with van der Waals surface area (Å²) >= 11 is 0. The maximum Gasteiger partial charge on any atom is 0.125 e. The van der Waals surface area contributed by atoms with E-state index in [9.17, 15) is 4.79 Å². The lowest BCUT2D eigenvalue weighted by Crippen LogP contribution is -2.27. The first kappa shape index (κ1) is 7.73. The van der Waals surface area contributed by atoms with Crippen LogP contribution in [0.1, 0.15) is 32.6 Å². The molecule has 1 fully saturated rings. The molecule has 0 aromatic heterocycles. The van der Waals surface area contributed by atoms with Crippen LogP contribution in [0.25, 0.3) is 0 Å². The Labute approximate surface area is 61.2 Å². The molecule has 0 unspecified atom stereocenters. The second-order valence-corrected chi connectivity index (χ2v) is 3.50. The fourth-order valence-electron chi connectivity index (χ4n) is 1.38. The van der Waals surface area contributed by atoms with Crippen LogP contribution in [0, 0.1) is 5.41 Å². The van der Waals surface area contributed by atoms with Crippen molar-refractivity contribution in [3.8, 4) is 0 Å². The Morgan fingerprint density at radius 1 is 1.50 bits per heavy atom. The molecule has 0 heterocycles. The maximum absolute atomic E-state index is 10.5. The zero-order chi connectivity index (χ0) is 7.61. The predicted octanol–water partition coefficient (Wildman–Crippen LogP) is 1.13. The van der Waals surface area contributed by atoms with Crippen molar-refractivity contribution in [2.45, 2.75) is 38.7 Å². The van der Waals surface area contributed by atoms with Crippen LogP contribution in [0.4, 0.5) is 0 Å². The van der Waals surface area contributed by atoms with Crippen LogP contribution in [0.15, 0.2) is 0 Å². The number of hydrogen-bond donors (Lipinski definition) is 1. The highest BCUT2D eigenvalue weighted by Gasteiger charge is 2.29. The normalized spacial score (nSPS) is 41.2. The van der Waals surface area contributed by atoms with Crippen LogP contribution < -0.4 is 0 Å². The molecule has 10 heavy (non-hydrogen) atoms. The highest BCUT2D eigenvalue weighted by molar-refractivity contribution is 5.58. The van der Waals surface area contributed by atoms with Gasteiger partial charge in [-0.15, -0.1) is 0 Å². The van der Waals surface area contributed by atoms with Gasteiger partial charge in [0.15, 0.2) is 0 Å². The molecular formula is C8H14O2. The molecule has 2 heteroatoms. The molecule has 0 aromatic rings. The quantitative estimate of drug-likeness (QED) is 0.557. The highest BCUT2D eigenvalue weighted by Crippen LogP contribution is 2.33. The van der Waals surface area contributed by atoms with Crippen molar-refractivity contribution >= 4 is 6.29 Å². The summed E-state index contributed by atoms with van der Waals surface area (Å²) in [5.74, 6) is 0. The van der Waals surface area contributed by atoms with Gasteiger partial charge in [0, 0.05) is 5.41 Å². The first-order valence-corrected chi connectivity index (χ1v) is 3.81. The molecule has 1 saturated carbocycles. The van der Waals surface area contributed by atoms with E-state index < -0.39 is 0 Å². The molecule has 1 N–H and O–H groups in total. The van der Waals surface area contributed by atoms with Gasteiger partial charge in [0.05, 0.1) is 6.10 Å². The average molecular weight is 142 g/mol. The Kier molecular flexibility index (Phi) is 2.09. The zero-order valence-corrected chi connectivity index (χ0v) is 6.34. The number of aliphatic hydroxyl groups excluding tert-OH is 1. The van der Waals surface area contributed by atoms with Gasteiger partial charge in [0.25, 0.3) is 0 Å². The van der Waals surface area contributed by atoms with Crippen LogP contribution in [-0.4, -0.2) is 17.5 Å². The summed E-state index contributed by atoms with van der Waals surface area (Å²) in [6, 6.07) is 0. The fraction of sp³-hybridized carbons (Fsp3) is 0.875. The molecule has 0 radical (unpaired) electrons. The molecule has 1 aliphatic carbocycles. The van der Waals surface area contributed by atoms with E-state index in [0.29, 0.717) is 0 Å². The molecule has 1 aliphatic rings. The minimum absolute atomic E-state index is 0.140. The summed E-state index contributed by atoms with van der Waals surface area (Å²) in [7, 11) is 0. The van der Waals surface area contributed by atoms with Crippen molar-refractivity contribution in [1.29, 1.82) is 0 Å². The number of aldehydes is 1. The lowest BCUT2D eigenvalue weighted by atomic mass is 9.76. The third-order valence-electron chi connectivity index (χ3n) is 2.38. The van der Waals surface area contributed by atoms with Gasteiger partial charge < -0.3 is 9.90 Å². The van der Waals surface area contributed by atoms with Gasteiger partial charge in [-0.1, -0.05) is 6.92 Å². The van der Waals surface area contributed by atoms with Crippen LogP contribution in [0.5, 0.6) is 0 Å². The van der Waals surface area contributed by atoms with E-state index in [1.165, 1.54) is 0 Å². The van der Waals surface area contributed by atoms with Crippen molar-refractivity contribution < 1.29 is 9.90 Å². The molecule has 2 nitrogen and oxygen atoms in total. The van der Waals surface area contributed by atoms with Crippen molar-refractivity contribution in [1.82, 2.24) is 0 Å². The van der Waals surface area contributed by atoms with Gasteiger partial charge in [-0.2, -0.15) is 0 Å². The third kappa shape index (κ3) is 1.57. The standard InChI is InChI=1S/C8H14O2/c1-8(6-9)4-2-7(10)3-5-8/h6-7,10H,2-5H2,1H3. The molecule has 0 spiro atoms. The van der Waals surface area contributed by atoms with Crippen LogP contribution in [0.2, 0.25) is 0 Å². The van der Waals surface area contributed by atoms with E-state index in [-0.39, 0.29) is 11.5 Å². The van der Waals surface area contributed by atoms with Gasteiger partial charge in [-0.25, -0.2) is 0 Å². The van der Waals surface area contributed by atoms with E-state index >= 15 is 0 Å². The molecule has 58 valence electrons. The van der Waals surface area contributed by atoms with Crippen molar-refractivity contribution in [3.05, 3.63) is 0 Å². The van der Waals surface area contributed by atoms with E-state index in [0.717, 1.165) is 32.0 Å². The number of hydrogen-bond acceptors (Lipinski definition) is 2. The van der Waals surface area contributed by atoms with Crippen LogP contribution in [0.3, 0.4) is 0 Å². The third-order valence-corrected chi connectivity index (χ3v) is 2.38. The molecule has 0 saturated heterocycles. The Morgan fingerprint density at radius 3 is 2.40 bits per heavy atom. The number of carbonyl (C=O) groups is 1. The first-order chi connectivity index (χ1) is 4.66. The smallest absolute Gasteiger partial charge is 0.125 e. The maximum atomic E-state index is 10.5. The fourth-order valence-corrected chi connectivity index (χ4v) is 1.38. The summed E-state index contributed by atoms with van der Waals surface area (Å²) in [4.78, 5) is 10.5. The summed E-state index contributed by atoms with van der Waals surface area (Å²) in [6.45, 7) is 1.96. The summed E-state index contributed by atoms with van der Waals surface area (Å²) in [5.41, 5.74) is -0.140. The van der Waals surface area contributed by atoms with Crippen molar-refractivity contribution in [3.63, 3.8) is 0 Å². The van der Waals surface area contributed by atoms with Gasteiger partial charge in [-0.05, 0) is 25.7 Å². The van der Waals surface area contributed by atoms with E-state index in [1.807, 2.05) is 6.92 Å². The Hall–Kier alpha value is -0.370. The van der Waals surface area contributed by atoms with Crippen molar-refractivity contribution in [2.24, 2.45) is 5.41 Å². The average Bonchev–Trinajstić information content (AvgIpc) is 1.96. The van der Waals surface area contributed by atoms with E-state index in [2.05, 4.69) is 0 Å². The zero-order valence-electron chi connectivity index (χ0n) is 6.34. The second kappa shape index (κ2) is 2.70. The number of aliphatic hydroxyl groups is 1. The molecule has 0 bridgehead atoms. The van der Waals surface area contributed by atoms with Crippen molar-refractivity contribution in [2.75, 3.05) is 0 Å². The Morgan fingerprint density at radius 2 is 2.00 bits per heavy atom. The summed E-state index contributed by atoms with van der Waals surface area (Å²) in [6.07, 6.45) is 4.13. The minimum Gasteiger partial charge on any atom is -0.393 e. The second-order valence-electron chi connectivity index (χ2n) is 3.50. The molecular weight excluding hydrogens is 128 g/mol. The molecule has 0 aromatic carbocycles. The summed E-state index contributed by atoms with van der Waals surface area (Å²) < 4.78 is 0. The number of carbonyl (C=O) groups excluding carboxylic acids is 1. The van der Waals surface area contributed by atoms with Crippen LogP contribution in [-0.2, 0) is 4.79 Å². The lowest BCUT2D eigenvalue weighted by molar-refractivity contribution is -0.117. The van der Waals surface area contributed by atoms with Crippen LogP contribution >= 0.6 is 0 Å². The van der Waals surface area contributed by atoms with E-state index in [4.69, 9.17) is 5.11 Å². The lowest BCUT2D eigenvalue weighted by Gasteiger charge is -2.30. The molecule has 1 rings (SSSR count). The summed E-state index contributed by atoms with van der Waals surface area (Å²) in [5, 5.41) is 9.12. The SMILES string of the molecule is CC1(C=O)CCC(O)CC1. The number of rotatable bonds is 1. The largest absolute Gasteiger partial charge is 0.393 e.